The Morgan fingerprint density at radius 2 is 2.00 bits per heavy atom. The first-order chi connectivity index (χ1) is 8.65. The number of ketones is 1. The summed E-state index contributed by atoms with van der Waals surface area (Å²) in [6.07, 6.45) is 5.42. The third-order valence-corrected chi connectivity index (χ3v) is 4.50. The van der Waals surface area contributed by atoms with Crippen molar-refractivity contribution < 1.29 is 19.4 Å². The van der Waals surface area contributed by atoms with Gasteiger partial charge in [-0.05, 0) is 25.2 Å². The maximum Gasteiger partial charge on any atom is 0.311 e. The Morgan fingerprint density at radius 1 is 1.28 bits per heavy atom. The van der Waals surface area contributed by atoms with Gasteiger partial charge in [-0.3, -0.25) is 9.59 Å². The molecule has 0 amide bonds. The number of carbonyl (C=O) groups excluding carboxylic acids is 2. The summed E-state index contributed by atoms with van der Waals surface area (Å²) in [6.45, 7) is 0. The Balaban J connectivity index is 2.14. The van der Waals surface area contributed by atoms with Crippen molar-refractivity contribution in [3.8, 4) is 0 Å². The summed E-state index contributed by atoms with van der Waals surface area (Å²) in [7, 11) is 1.34. The number of esters is 1. The van der Waals surface area contributed by atoms with Gasteiger partial charge in [0.1, 0.15) is 5.78 Å². The average Bonchev–Trinajstić information content (AvgIpc) is 2.72. The molecule has 2 aliphatic rings. The van der Waals surface area contributed by atoms with E-state index in [4.69, 9.17) is 4.74 Å². The van der Waals surface area contributed by atoms with Gasteiger partial charge in [0.05, 0.1) is 19.1 Å². The predicted octanol–water partition coefficient (Wildman–Crippen LogP) is 1.70. The fourth-order valence-corrected chi connectivity index (χ4v) is 3.47. The van der Waals surface area contributed by atoms with Crippen LogP contribution in [0.2, 0.25) is 0 Å². The Hall–Kier alpha value is -0.900. The van der Waals surface area contributed by atoms with Crippen molar-refractivity contribution in [3.63, 3.8) is 0 Å². The zero-order chi connectivity index (χ0) is 13.1. The van der Waals surface area contributed by atoms with Crippen LogP contribution in [-0.4, -0.2) is 30.1 Å². The number of hydrogen-bond donors (Lipinski definition) is 1. The molecule has 4 atom stereocenters. The van der Waals surface area contributed by atoms with Crippen molar-refractivity contribution in [2.45, 2.75) is 51.0 Å². The molecule has 4 heteroatoms. The summed E-state index contributed by atoms with van der Waals surface area (Å²) >= 11 is 0. The van der Waals surface area contributed by atoms with Gasteiger partial charge >= 0.3 is 5.97 Å². The van der Waals surface area contributed by atoms with Gasteiger partial charge in [-0.25, -0.2) is 0 Å². The second-order valence-electron chi connectivity index (χ2n) is 5.55. The number of aliphatic hydroxyl groups excluding tert-OH is 1. The quantitative estimate of drug-likeness (QED) is 0.723. The minimum atomic E-state index is -0.704. The molecule has 102 valence electrons. The van der Waals surface area contributed by atoms with E-state index in [0.29, 0.717) is 12.8 Å². The Morgan fingerprint density at radius 3 is 2.72 bits per heavy atom. The lowest BCUT2D eigenvalue weighted by Gasteiger charge is -2.20. The zero-order valence-corrected chi connectivity index (χ0v) is 10.9. The summed E-state index contributed by atoms with van der Waals surface area (Å²) in [5.74, 6) is -0.831. The molecule has 0 saturated heterocycles. The molecule has 0 bridgehead atoms. The number of aliphatic hydroxyl groups is 1. The highest BCUT2D eigenvalue weighted by molar-refractivity contribution is 5.83. The molecule has 2 aliphatic carbocycles. The van der Waals surface area contributed by atoms with Crippen LogP contribution in [0.25, 0.3) is 0 Å². The van der Waals surface area contributed by atoms with Gasteiger partial charge in [-0.15, -0.1) is 0 Å². The first-order valence-electron chi connectivity index (χ1n) is 6.93. The van der Waals surface area contributed by atoms with Crippen LogP contribution in [0, 0.1) is 17.8 Å². The molecular formula is C14H22O4. The summed E-state index contributed by atoms with van der Waals surface area (Å²) in [5, 5.41) is 10.3. The zero-order valence-electron chi connectivity index (χ0n) is 10.9. The van der Waals surface area contributed by atoms with Crippen LogP contribution in [0.4, 0.5) is 0 Å². The lowest BCUT2D eigenvalue weighted by Crippen LogP contribution is -2.29. The van der Waals surface area contributed by atoms with Gasteiger partial charge in [0.2, 0.25) is 0 Å². The second kappa shape index (κ2) is 5.83. The monoisotopic (exact) mass is 254 g/mol. The van der Waals surface area contributed by atoms with E-state index in [9.17, 15) is 14.7 Å². The molecule has 18 heavy (non-hydrogen) atoms. The highest BCUT2D eigenvalue weighted by atomic mass is 16.5. The lowest BCUT2D eigenvalue weighted by atomic mass is 9.86. The Kier molecular flexibility index (Phi) is 4.38. The molecule has 0 aromatic heterocycles. The van der Waals surface area contributed by atoms with E-state index in [0.717, 1.165) is 32.1 Å². The highest BCUT2D eigenvalue weighted by Gasteiger charge is 2.48. The number of carbonyl (C=O) groups is 2. The molecule has 0 unspecified atom stereocenters. The van der Waals surface area contributed by atoms with Crippen molar-refractivity contribution in [2.75, 3.05) is 7.11 Å². The van der Waals surface area contributed by atoms with Gasteiger partial charge < -0.3 is 9.84 Å². The van der Waals surface area contributed by atoms with Gasteiger partial charge in [0.15, 0.2) is 0 Å². The number of Topliss-reactive ketones (excluding diaryl/α,β-unsaturated/α-hetero) is 1. The maximum atomic E-state index is 12.1. The van der Waals surface area contributed by atoms with Crippen molar-refractivity contribution in [2.24, 2.45) is 17.8 Å². The van der Waals surface area contributed by atoms with Gasteiger partial charge in [0, 0.05) is 12.3 Å². The van der Waals surface area contributed by atoms with E-state index < -0.39 is 12.0 Å². The van der Waals surface area contributed by atoms with Crippen molar-refractivity contribution in [3.05, 3.63) is 0 Å². The first-order valence-corrected chi connectivity index (χ1v) is 6.93. The molecule has 1 N–H and O–H groups in total. The molecule has 0 aromatic carbocycles. The normalized spacial score (nSPS) is 37.3. The van der Waals surface area contributed by atoms with Crippen molar-refractivity contribution in [1.82, 2.24) is 0 Å². The molecule has 0 aromatic rings. The largest absolute Gasteiger partial charge is 0.469 e. The van der Waals surface area contributed by atoms with Crippen LogP contribution in [0.1, 0.15) is 44.9 Å². The van der Waals surface area contributed by atoms with Crippen LogP contribution >= 0.6 is 0 Å². The number of fused-ring (bicyclic) bond motifs is 1. The SMILES string of the molecule is COC(=O)[C@H]1C[C@@H]2C(=O)CCCCCC[C@@H]2[C@@H]1O. The topological polar surface area (TPSA) is 63.6 Å². The van der Waals surface area contributed by atoms with E-state index in [2.05, 4.69) is 0 Å². The molecule has 0 radical (unpaired) electrons. The minimum absolute atomic E-state index is 0.0419. The van der Waals surface area contributed by atoms with Crippen LogP contribution in [-0.2, 0) is 14.3 Å². The average molecular weight is 254 g/mol. The molecule has 4 nitrogen and oxygen atoms in total. The fourth-order valence-electron chi connectivity index (χ4n) is 3.47. The molecule has 0 spiro atoms. The lowest BCUT2D eigenvalue weighted by molar-refractivity contribution is -0.148. The van der Waals surface area contributed by atoms with Crippen LogP contribution < -0.4 is 0 Å². The summed E-state index contributed by atoms with van der Waals surface area (Å²) in [4.78, 5) is 23.8. The summed E-state index contributed by atoms with van der Waals surface area (Å²) < 4.78 is 4.72. The Labute approximate surface area is 108 Å². The predicted molar refractivity (Wildman–Crippen MR) is 65.8 cm³/mol. The number of hydrogen-bond acceptors (Lipinski definition) is 4. The molecule has 0 heterocycles. The smallest absolute Gasteiger partial charge is 0.311 e. The maximum absolute atomic E-state index is 12.1. The van der Waals surface area contributed by atoms with Crippen LogP contribution in [0.15, 0.2) is 0 Å². The summed E-state index contributed by atoms with van der Waals surface area (Å²) in [5.41, 5.74) is 0. The minimum Gasteiger partial charge on any atom is -0.469 e. The fraction of sp³-hybridized carbons (Fsp3) is 0.857. The molecule has 2 rings (SSSR count). The highest BCUT2D eigenvalue weighted by Crippen LogP contribution is 2.42. The standard InChI is InChI=1S/C14H22O4/c1-18-14(17)11-8-10-9(13(11)16)6-4-2-3-5-7-12(10)15/h9-11,13,16H,2-8H2,1H3/t9-,10-,11-,13-/m0/s1. The molecule has 2 saturated carbocycles. The van der Waals surface area contributed by atoms with Gasteiger partial charge in [-0.1, -0.05) is 19.3 Å². The van der Waals surface area contributed by atoms with E-state index in [1.807, 2.05) is 0 Å². The van der Waals surface area contributed by atoms with E-state index in [-0.39, 0.29) is 23.6 Å². The van der Waals surface area contributed by atoms with Crippen molar-refractivity contribution >= 4 is 11.8 Å². The number of rotatable bonds is 1. The third kappa shape index (κ3) is 2.58. The van der Waals surface area contributed by atoms with E-state index >= 15 is 0 Å². The van der Waals surface area contributed by atoms with E-state index in [1.165, 1.54) is 7.11 Å². The van der Waals surface area contributed by atoms with Crippen molar-refractivity contribution in [1.29, 1.82) is 0 Å². The number of methoxy groups -OCH3 is 1. The van der Waals surface area contributed by atoms with Crippen LogP contribution in [0.3, 0.4) is 0 Å². The Bertz CT molecular complexity index is 326. The van der Waals surface area contributed by atoms with Gasteiger partial charge in [-0.2, -0.15) is 0 Å². The van der Waals surface area contributed by atoms with Gasteiger partial charge in [0.25, 0.3) is 0 Å². The molecule has 0 aliphatic heterocycles. The van der Waals surface area contributed by atoms with Crippen LogP contribution in [0.5, 0.6) is 0 Å². The second-order valence-corrected chi connectivity index (χ2v) is 5.55. The third-order valence-electron chi connectivity index (χ3n) is 4.50. The molecule has 2 fully saturated rings. The first kappa shape index (κ1) is 13.5. The molecular weight excluding hydrogens is 232 g/mol. The number of ether oxygens (including phenoxy) is 1. The van der Waals surface area contributed by atoms with E-state index in [1.54, 1.807) is 0 Å². The summed E-state index contributed by atoms with van der Waals surface area (Å²) in [6, 6.07) is 0.